The van der Waals surface area contributed by atoms with Crippen molar-refractivity contribution in [3.8, 4) is 11.5 Å². The van der Waals surface area contributed by atoms with Gasteiger partial charge in [-0.2, -0.15) is 0 Å². The van der Waals surface area contributed by atoms with Crippen LogP contribution in [0.3, 0.4) is 0 Å². The first-order valence-electron chi connectivity index (χ1n) is 25.1. The molecule has 8 heteroatoms. The number of carbonyl (C=O) groups is 4. The van der Waals surface area contributed by atoms with E-state index in [1.165, 1.54) is 50.0 Å². The second kappa shape index (κ2) is 30.0. The van der Waals surface area contributed by atoms with Crippen molar-refractivity contribution in [1.82, 2.24) is 0 Å². The van der Waals surface area contributed by atoms with Crippen molar-refractivity contribution >= 4 is 45.4 Å². The molecule has 0 radical (unpaired) electrons. The summed E-state index contributed by atoms with van der Waals surface area (Å²) in [6, 6.07) is 62.9. The molecule has 3 aliphatic carbocycles. The van der Waals surface area contributed by atoms with Crippen LogP contribution in [0.4, 0.5) is 0 Å². The lowest BCUT2D eigenvalue weighted by molar-refractivity contribution is 0.0591. The molecule has 372 valence electrons. The standard InChI is InChI=1S/2C19H14O4.C10H16.2C6H6.2C2H6/c2*1-22-18(20)14-8-4-9-15(12-14)19(21)23-17-11-5-7-13-6-2-3-10-16(13)17;1-2-9-7-4-5-8(6-7)10(9)3-1;2*1-2-4-6-5-3-1;2*1-2/h2*2-12H,1H3;7-10H,1-6H2;2*1-6H;2*1-2H3. The van der Waals surface area contributed by atoms with Crippen molar-refractivity contribution in [2.45, 2.75) is 66.2 Å². The Hall–Kier alpha value is -7.84. The molecule has 4 unspecified atom stereocenters. The van der Waals surface area contributed by atoms with E-state index in [1.807, 2.05) is 173 Å². The molecular weight excluding hydrogens is 897 g/mol. The molecule has 3 saturated carbocycles. The average molecular weight is 965 g/mol. The Kier molecular flexibility index (Phi) is 23.0. The number of ether oxygens (including phenoxy) is 4. The molecule has 4 atom stereocenters. The first-order chi connectivity index (χ1) is 35.3. The third-order valence-electron chi connectivity index (χ3n) is 12.6. The zero-order chi connectivity index (χ0) is 51.5. The zero-order valence-corrected chi connectivity index (χ0v) is 42.4. The number of benzene rings is 8. The van der Waals surface area contributed by atoms with Crippen molar-refractivity contribution in [2.75, 3.05) is 14.2 Å². The molecule has 8 aromatic carbocycles. The van der Waals surface area contributed by atoms with Crippen molar-refractivity contribution in [1.29, 1.82) is 0 Å². The smallest absolute Gasteiger partial charge is 0.343 e. The average Bonchev–Trinajstić information content (AvgIpc) is 4.24. The van der Waals surface area contributed by atoms with Gasteiger partial charge in [0, 0.05) is 10.8 Å². The minimum absolute atomic E-state index is 0.292. The summed E-state index contributed by atoms with van der Waals surface area (Å²) in [6.45, 7) is 8.00. The third kappa shape index (κ3) is 15.8. The van der Waals surface area contributed by atoms with Crippen LogP contribution in [0.2, 0.25) is 0 Å². The highest BCUT2D eigenvalue weighted by Crippen LogP contribution is 2.58. The van der Waals surface area contributed by atoms with Crippen LogP contribution in [0.1, 0.15) is 108 Å². The molecule has 3 aliphatic rings. The number of rotatable bonds is 6. The molecule has 3 fully saturated rings. The van der Waals surface area contributed by atoms with Crippen LogP contribution < -0.4 is 9.47 Å². The van der Waals surface area contributed by atoms with Crippen LogP contribution in [0.25, 0.3) is 21.5 Å². The molecule has 0 aromatic heterocycles. The molecule has 8 nitrogen and oxygen atoms in total. The lowest BCUT2D eigenvalue weighted by Gasteiger charge is -2.23. The largest absolute Gasteiger partial charge is 0.465 e. The fourth-order valence-corrected chi connectivity index (χ4v) is 9.46. The van der Waals surface area contributed by atoms with E-state index in [1.54, 1.807) is 87.1 Å². The van der Waals surface area contributed by atoms with Gasteiger partial charge in [-0.15, -0.1) is 0 Å². The molecule has 0 saturated heterocycles. The Morgan fingerprint density at radius 2 is 0.667 bits per heavy atom. The second-order valence-corrected chi connectivity index (χ2v) is 16.8. The summed E-state index contributed by atoms with van der Waals surface area (Å²) in [4.78, 5) is 47.8. The topological polar surface area (TPSA) is 105 Å². The summed E-state index contributed by atoms with van der Waals surface area (Å²) < 4.78 is 20.3. The minimum atomic E-state index is -0.521. The summed E-state index contributed by atoms with van der Waals surface area (Å²) in [5.74, 6) is 3.73. The molecule has 11 rings (SSSR count). The van der Waals surface area contributed by atoms with Crippen LogP contribution in [0.15, 0.2) is 206 Å². The zero-order valence-electron chi connectivity index (χ0n) is 42.4. The Labute approximate surface area is 425 Å². The molecule has 8 aromatic rings. The van der Waals surface area contributed by atoms with Gasteiger partial charge in [-0.3, -0.25) is 0 Å². The van der Waals surface area contributed by atoms with Crippen molar-refractivity contribution in [2.24, 2.45) is 23.7 Å². The predicted octanol–water partition coefficient (Wildman–Crippen LogP) is 15.9. The van der Waals surface area contributed by atoms with E-state index in [0.717, 1.165) is 21.5 Å². The number of fused-ring (bicyclic) bond motifs is 7. The maximum absolute atomic E-state index is 12.3. The van der Waals surface area contributed by atoms with Gasteiger partial charge in [0.1, 0.15) is 11.5 Å². The first kappa shape index (κ1) is 55.1. The lowest BCUT2D eigenvalue weighted by atomic mass is 9.82. The molecule has 0 heterocycles. The summed E-state index contributed by atoms with van der Waals surface area (Å²) in [5.41, 5.74) is 1.20. The molecule has 72 heavy (non-hydrogen) atoms. The molecule has 0 amide bonds. The Balaban J connectivity index is 0.000000180. The lowest BCUT2D eigenvalue weighted by Crippen LogP contribution is -2.15. The highest BCUT2D eigenvalue weighted by molar-refractivity contribution is 5.99. The van der Waals surface area contributed by atoms with Crippen molar-refractivity contribution < 1.29 is 38.1 Å². The Morgan fingerprint density at radius 3 is 1.01 bits per heavy atom. The minimum Gasteiger partial charge on any atom is -0.465 e. The van der Waals surface area contributed by atoms with E-state index in [2.05, 4.69) is 9.47 Å². The van der Waals surface area contributed by atoms with Crippen LogP contribution in [-0.2, 0) is 9.47 Å². The summed E-state index contributed by atoms with van der Waals surface area (Å²) >= 11 is 0. The van der Waals surface area contributed by atoms with Crippen LogP contribution in [0.5, 0.6) is 11.5 Å². The van der Waals surface area contributed by atoms with E-state index in [9.17, 15) is 19.2 Å². The Morgan fingerprint density at radius 1 is 0.361 bits per heavy atom. The van der Waals surface area contributed by atoms with Gasteiger partial charge in [0.2, 0.25) is 0 Å². The highest BCUT2D eigenvalue weighted by atomic mass is 16.5. The van der Waals surface area contributed by atoms with Crippen LogP contribution >= 0.6 is 0 Å². The van der Waals surface area contributed by atoms with Gasteiger partial charge in [0.25, 0.3) is 0 Å². The van der Waals surface area contributed by atoms with E-state index >= 15 is 0 Å². The number of carbonyl (C=O) groups excluding carboxylic acids is 4. The van der Waals surface area contributed by atoms with Gasteiger partial charge >= 0.3 is 23.9 Å². The number of methoxy groups -OCH3 is 2. The number of hydrogen-bond acceptors (Lipinski definition) is 8. The van der Waals surface area contributed by atoms with Crippen molar-refractivity contribution in [3.63, 3.8) is 0 Å². The monoisotopic (exact) mass is 964 g/mol. The SMILES string of the molecule is C1CC2C3CCC(C3)C2C1.CC.CC.COC(=O)c1cccc(C(=O)Oc2cccc3ccccc23)c1.COC(=O)c1cccc(C(=O)Oc2cccc3ccccc23)c1.c1ccccc1.c1ccccc1. The van der Waals surface area contributed by atoms with Crippen molar-refractivity contribution in [3.05, 3.63) is 229 Å². The van der Waals surface area contributed by atoms with Gasteiger partial charge in [-0.05, 0) is 115 Å². The first-order valence-corrected chi connectivity index (χ1v) is 25.1. The fourth-order valence-electron chi connectivity index (χ4n) is 9.46. The van der Waals surface area contributed by atoms with Gasteiger partial charge < -0.3 is 18.9 Å². The number of esters is 4. The Bertz CT molecular complexity index is 2630. The number of hydrogen-bond donors (Lipinski definition) is 0. The van der Waals surface area contributed by atoms with Crippen LogP contribution in [0, 0.1) is 23.7 Å². The maximum atomic E-state index is 12.3. The highest BCUT2D eigenvalue weighted by Gasteiger charge is 2.48. The quantitative estimate of drug-likeness (QED) is 0.120. The van der Waals surface area contributed by atoms with E-state index in [4.69, 9.17) is 9.47 Å². The van der Waals surface area contributed by atoms with Crippen LogP contribution in [-0.4, -0.2) is 38.1 Å². The van der Waals surface area contributed by atoms with E-state index in [-0.39, 0.29) is 0 Å². The summed E-state index contributed by atoms with van der Waals surface area (Å²) in [6.07, 6.45) is 9.53. The van der Waals surface area contributed by atoms with Gasteiger partial charge in [-0.1, -0.05) is 192 Å². The summed E-state index contributed by atoms with van der Waals surface area (Å²) in [7, 11) is 2.59. The van der Waals surface area contributed by atoms with Gasteiger partial charge in [0.15, 0.2) is 0 Å². The predicted molar refractivity (Wildman–Crippen MR) is 291 cm³/mol. The molecule has 0 aliphatic heterocycles. The fraction of sp³-hybridized carbons (Fsp3) is 0.250. The second-order valence-electron chi connectivity index (χ2n) is 16.8. The third-order valence-corrected chi connectivity index (χ3v) is 12.6. The molecule has 0 N–H and O–H groups in total. The van der Waals surface area contributed by atoms with E-state index < -0.39 is 23.9 Å². The molecule has 2 bridgehead atoms. The maximum Gasteiger partial charge on any atom is 0.343 e. The van der Waals surface area contributed by atoms with Gasteiger partial charge in [-0.25, -0.2) is 19.2 Å². The van der Waals surface area contributed by atoms with E-state index in [0.29, 0.717) is 33.8 Å². The normalized spacial score (nSPS) is 16.1. The van der Waals surface area contributed by atoms with Gasteiger partial charge in [0.05, 0.1) is 36.5 Å². The molecular formula is C64H68O8. The molecule has 0 spiro atoms. The summed E-state index contributed by atoms with van der Waals surface area (Å²) in [5, 5.41) is 3.68.